The highest BCUT2D eigenvalue weighted by atomic mass is 15.5. The Balaban J connectivity index is 2.39. The van der Waals surface area contributed by atoms with Gasteiger partial charge in [0.15, 0.2) is 5.82 Å². The van der Waals surface area contributed by atoms with E-state index in [9.17, 15) is 0 Å². The summed E-state index contributed by atoms with van der Waals surface area (Å²) in [5, 5.41) is 7.93. The van der Waals surface area contributed by atoms with Crippen LogP contribution in [0.1, 0.15) is 44.3 Å². The highest BCUT2D eigenvalue weighted by Gasteiger charge is 2.29. The minimum atomic E-state index is 0.417. The predicted molar refractivity (Wildman–Crippen MR) is 46.8 cm³/mol. The Bertz CT molecular complexity index is 285. The number of nitrogen functional groups attached to an aromatic ring is 1. The van der Waals surface area contributed by atoms with Gasteiger partial charge in [-0.15, -0.1) is 5.10 Å². The molecule has 1 aromatic heterocycles. The monoisotopic (exact) mass is 166 g/mol. The number of anilines is 1. The van der Waals surface area contributed by atoms with Gasteiger partial charge in [-0.2, -0.15) is 0 Å². The van der Waals surface area contributed by atoms with Gasteiger partial charge in [0.2, 0.25) is 0 Å². The summed E-state index contributed by atoms with van der Waals surface area (Å²) in [5.41, 5.74) is 6.81. The van der Waals surface area contributed by atoms with Crippen LogP contribution < -0.4 is 5.73 Å². The van der Waals surface area contributed by atoms with Crippen molar-refractivity contribution in [3.05, 3.63) is 5.69 Å². The molecule has 0 amide bonds. The van der Waals surface area contributed by atoms with Crippen molar-refractivity contribution >= 4 is 5.82 Å². The van der Waals surface area contributed by atoms with Crippen molar-refractivity contribution in [3.63, 3.8) is 0 Å². The van der Waals surface area contributed by atoms with Crippen LogP contribution in [-0.2, 0) is 0 Å². The average Bonchev–Trinajstić information content (AvgIpc) is 2.75. The number of hydrogen-bond acceptors (Lipinski definition) is 3. The molecule has 1 saturated carbocycles. The van der Waals surface area contributed by atoms with Gasteiger partial charge in [-0.25, -0.2) is 4.68 Å². The first-order valence-corrected chi connectivity index (χ1v) is 4.40. The summed E-state index contributed by atoms with van der Waals surface area (Å²) < 4.78 is 1.99. The van der Waals surface area contributed by atoms with Crippen molar-refractivity contribution in [1.82, 2.24) is 15.0 Å². The Hall–Kier alpha value is -1.06. The SMILES string of the molecule is CC(C)c1c(N)nnn1C1CC1. The topological polar surface area (TPSA) is 56.7 Å². The van der Waals surface area contributed by atoms with Crippen LogP contribution in [0.25, 0.3) is 0 Å². The molecule has 12 heavy (non-hydrogen) atoms. The van der Waals surface area contributed by atoms with Crippen LogP contribution in [-0.4, -0.2) is 15.0 Å². The molecular weight excluding hydrogens is 152 g/mol. The average molecular weight is 166 g/mol. The van der Waals surface area contributed by atoms with Crippen LogP contribution in [0.2, 0.25) is 0 Å². The molecule has 0 atom stereocenters. The first-order chi connectivity index (χ1) is 5.70. The van der Waals surface area contributed by atoms with E-state index in [1.807, 2.05) is 4.68 Å². The summed E-state index contributed by atoms with van der Waals surface area (Å²) >= 11 is 0. The second-order valence-electron chi connectivity index (χ2n) is 3.69. The molecule has 0 bridgehead atoms. The summed E-state index contributed by atoms with van der Waals surface area (Å²) in [6.45, 7) is 4.24. The van der Waals surface area contributed by atoms with Crippen LogP contribution in [0.3, 0.4) is 0 Å². The van der Waals surface area contributed by atoms with Crippen molar-refractivity contribution in [2.24, 2.45) is 0 Å². The summed E-state index contributed by atoms with van der Waals surface area (Å²) in [5.74, 6) is 1.01. The quantitative estimate of drug-likeness (QED) is 0.720. The van der Waals surface area contributed by atoms with Crippen molar-refractivity contribution in [1.29, 1.82) is 0 Å². The van der Waals surface area contributed by atoms with E-state index in [4.69, 9.17) is 5.73 Å². The fraction of sp³-hybridized carbons (Fsp3) is 0.750. The minimum absolute atomic E-state index is 0.417. The summed E-state index contributed by atoms with van der Waals surface area (Å²) in [6, 6.07) is 0.576. The molecule has 0 saturated heterocycles. The first-order valence-electron chi connectivity index (χ1n) is 4.40. The maximum absolute atomic E-state index is 5.71. The van der Waals surface area contributed by atoms with Crippen LogP contribution in [0, 0.1) is 0 Å². The smallest absolute Gasteiger partial charge is 0.169 e. The Labute approximate surface area is 71.8 Å². The lowest BCUT2D eigenvalue weighted by Gasteiger charge is -2.07. The van der Waals surface area contributed by atoms with E-state index in [1.54, 1.807) is 0 Å². The molecule has 2 N–H and O–H groups in total. The second kappa shape index (κ2) is 2.47. The zero-order valence-electron chi connectivity index (χ0n) is 7.49. The maximum Gasteiger partial charge on any atom is 0.169 e. The minimum Gasteiger partial charge on any atom is -0.381 e. The molecule has 1 aromatic rings. The summed E-state index contributed by atoms with van der Waals surface area (Å²) in [6.07, 6.45) is 2.45. The molecule has 0 unspecified atom stereocenters. The van der Waals surface area contributed by atoms with E-state index in [2.05, 4.69) is 24.2 Å². The van der Waals surface area contributed by atoms with E-state index >= 15 is 0 Å². The lowest BCUT2D eigenvalue weighted by Crippen LogP contribution is -2.05. The van der Waals surface area contributed by atoms with E-state index in [0.29, 0.717) is 17.8 Å². The number of nitrogens with two attached hydrogens (primary N) is 1. The maximum atomic E-state index is 5.71. The Kier molecular flexibility index (Phi) is 1.56. The molecular formula is C8H14N4. The fourth-order valence-corrected chi connectivity index (χ4v) is 1.46. The third kappa shape index (κ3) is 1.07. The largest absolute Gasteiger partial charge is 0.381 e. The van der Waals surface area contributed by atoms with E-state index in [-0.39, 0.29) is 0 Å². The summed E-state index contributed by atoms with van der Waals surface area (Å²) in [7, 11) is 0. The van der Waals surface area contributed by atoms with Gasteiger partial charge in [0.25, 0.3) is 0 Å². The molecule has 0 radical (unpaired) electrons. The first kappa shape index (κ1) is 7.58. The molecule has 66 valence electrons. The van der Waals surface area contributed by atoms with Crippen molar-refractivity contribution in [3.8, 4) is 0 Å². The van der Waals surface area contributed by atoms with Gasteiger partial charge in [-0.05, 0) is 18.8 Å². The molecule has 4 heteroatoms. The Morgan fingerprint density at radius 2 is 2.17 bits per heavy atom. The molecule has 1 aliphatic rings. The van der Waals surface area contributed by atoms with Gasteiger partial charge < -0.3 is 5.73 Å². The van der Waals surface area contributed by atoms with Crippen molar-refractivity contribution in [2.45, 2.75) is 38.6 Å². The zero-order chi connectivity index (χ0) is 8.72. The Morgan fingerprint density at radius 1 is 1.50 bits per heavy atom. The van der Waals surface area contributed by atoms with E-state index < -0.39 is 0 Å². The van der Waals surface area contributed by atoms with Crippen molar-refractivity contribution < 1.29 is 0 Å². The normalized spacial score (nSPS) is 17.2. The van der Waals surface area contributed by atoms with Crippen LogP contribution in [0.5, 0.6) is 0 Å². The lowest BCUT2D eigenvalue weighted by molar-refractivity contribution is 0.565. The zero-order valence-corrected chi connectivity index (χ0v) is 7.49. The van der Waals surface area contributed by atoms with Gasteiger partial charge in [-0.3, -0.25) is 0 Å². The van der Waals surface area contributed by atoms with Gasteiger partial charge in [0.1, 0.15) is 0 Å². The standard InChI is InChI=1S/C8H14N4/c1-5(2)7-8(9)10-11-12(7)6-3-4-6/h5-6H,3-4,9H2,1-2H3. The highest BCUT2D eigenvalue weighted by molar-refractivity contribution is 5.35. The van der Waals surface area contributed by atoms with Gasteiger partial charge in [0, 0.05) is 0 Å². The molecule has 1 fully saturated rings. The molecule has 2 rings (SSSR count). The molecule has 1 heterocycles. The Morgan fingerprint density at radius 3 is 2.67 bits per heavy atom. The number of hydrogen-bond donors (Lipinski definition) is 1. The molecule has 0 aliphatic heterocycles. The fourth-order valence-electron chi connectivity index (χ4n) is 1.46. The van der Waals surface area contributed by atoms with Crippen LogP contribution >= 0.6 is 0 Å². The van der Waals surface area contributed by atoms with Gasteiger partial charge in [-0.1, -0.05) is 19.1 Å². The van der Waals surface area contributed by atoms with Gasteiger partial charge >= 0.3 is 0 Å². The van der Waals surface area contributed by atoms with E-state index in [0.717, 1.165) is 5.69 Å². The van der Waals surface area contributed by atoms with Crippen LogP contribution in [0.15, 0.2) is 0 Å². The van der Waals surface area contributed by atoms with Crippen LogP contribution in [0.4, 0.5) is 5.82 Å². The molecule has 4 nitrogen and oxygen atoms in total. The number of rotatable bonds is 2. The molecule has 0 aromatic carbocycles. The molecule has 1 aliphatic carbocycles. The third-order valence-corrected chi connectivity index (χ3v) is 2.20. The number of aromatic nitrogens is 3. The predicted octanol–water partition coefficient (Wildman–Crippen LogP) is 1.32. The third-order valence-electron chi connectivity index (χ3n) is 2.20. The van der Waals surface area contributed by atoms with E-state index in [1.165, 1.54) is 12.8 Å². The highest BCUT2D eigenvalue weighted by Crippen LogP contribution is 2.37. The van der Waals surface area contributed by atoms with Crippen molar-refractivity contribution in [2.75, 3.05) is 5.73 Å². The lowest BCUT2D eigenvalue weighted by atomic mass is 10.1. The van der Waals surface area contributed by atoms with Gasteiger partial charge in [0.05, 0.1) is 11.7 Å². The number of nitrogens with zero attached hydrogens (tertiary/aromatic N) is 3. The molecule has 0 spiro atoms. The second-order valence-corrected chi connectivity index (χ2v) is 3.69. The summed E-state index contributed by atoms with van der Waals surface area (Å²) in [4.78, 5) is 0.